The predicted octanol–water partition coefficient (Wildman–Crippen LogP) is -0.0464. The van der Waals surface area contributed by atoms with Gasteiger partial charge in [-0.3, -0.25) is 9.59 Å². The molecular weight excluding hydrogens is 148 g/mol. The number of Topliss-reactive ketones (excluding diaryl/α,β-unsaturated/α-hetero) is 1. The zero-order valence-corrected chi connectivity index (χ0v) is 6.49. The number of ketones is 1. The van der Waals surface area contributed by atoms with Crippen LogP contribution in [0.25, 0.3) is 0 Å². The lowest BCUT2D eigenvalue weighted by atomic mass is 10.1. The van der Waals surface area contributed by atoms with Crippen molar-refractivity contribution in [3.05, 3.63) is 0 Å². The monoisotopic (exact) mass is 158 g/mol. The molecular formula is C7H10O4. The van der Waals surface area contributed by atoms with Crippen molar-refractivity contribution in [1.29, 1.82) is 0 Å². The van der Waals surface area contributed by atoms with Gasteiger partial charge in [0.05, 0.1) is 13.0 Å². The summed E-state index contributed by atoms with van der Waals surface area (Å²) in [5.41, 5.74) is 0. The van der Waals surface area contributed by atoms with Crippen molar-refractivity contribution in [2.24, 2.45) is 5.92 Å². The van der Waals surface area contributed by atoms with Crippen LogP contribution in [0.3, 0.4) is 0 Å². The van der Waals surface area contributed by atoms with Gasteiger partial charge < -0.3 is 9.53 Å². The van der Waals surface area contributed by atoms with Crippen molar-refractivity contribution >= 4 is 18.0 Å². The lowest BCUT2D eigenvalue weighted by Crippen LogP contribution is -2.17. The van der Waals surface area contributed by atoms with Gasteiger partial charge in [-0.05, 0) is 6.92 Å². The Morgan fingerprint density at radius 1 is 1.55 bits per heavy atom. The quantitative estimate of drug-likeness (QED) is 0.327. The summed E-state index contributed by atoms with van der Waals surface area (Å²) in [6.07, 6.45) is 0.182. The highest BCUT2D eigenvalue weighted by molar-refractivity contribution is 6.02. The van der Waals surface area contributed by atoms with E-state index in [2.05, 4.69) is 4.74 Å². The summed E-state index contributed by atoms with van der Waals surface area (Å²) >= 11 is 0. The van der Waals surface area contributed by atoms with Gasteiger partial charge in [-0.1, -0.05) is 0 Å². The Kier molecular flexibility index (Phi) is 4.10. The first kappa shape index (κ1) is 9.81. The summed E-state index contributed by atoms with van der Waals surface area (Å²) in [6.45, 7) is 1.44. The SMILES string of the molecule is COC(=O)CC(=O)C(C)C=O. The molecule has 0 saturated carbocycles. The largest absolute Gasteiger partial charge is 0.469 e. The van der Waals surface area contributed by atoms with Crippen LogP contribution in [0, 0.1) is 5.92 Å². The molecule has 0 aliphatic heterocycles. The molecule has 0 fully saturated rings. The number of rotatable bonds is 4. The molecule has 11 heavy (non-hydrogen) atoms. The van der Waals surface area contributed by atoms with Gasteiger partial charge in [-0.2, -0.15) is 0 Å². The molecule has 0 aliphatic rings. The Balaban J connectivity index is 3.87. The summed E-state index contributed by atoms with van der Waals surface area (Å²) in [7, 11) is 1.20. The van der Waals surface area contributed by atoms with Gasteiger partial charge in [0.15, 0.2) is 5.78 Å². The number of carbonyl (C=O) groups excluding carboxylic acids is 3. The molecule has 0 rings (SSSR count). The fourth-order valence-corrected chi connectivity index (χ4v) is 0.451. The van der Waals surface area contributed by atoms with Gasteiger partial charge in [-0.25, -0.2) is 0 Å². The third kappa shape index (κ3) is 3.50. The molecule has 4 nitrogen and oxygen atoms in total. The average Bonchev–Trinajstić information content (AvgIpc) is 2.02. The molecule has 0 aromatic rings. The molecule has 0 spiro atoms. The predicted molar refractivity (Wildman–Crippen MR) is 36.9 cm³/mol. The number of hydrogen-bond acceptors (Lipinski definition) is 4. The highest BCUT2D eigenvalue weighted by Gasteiger charge is 2.15. The maximum atomic E-state index is 10.8. The molecule has 4 heteroatoms. The number of methoxy groups -OCH3 is 1. The Morgan fingerprint density at radius 3 is 2.45 bits per heavy atom. The molecule has 62 valence electrons. The van der Waals surface area contributed by atoms with Crippen molar-refractivity contribution in [2.45, 2.75) is 13.3 Å². The van der Waals surface area contributed by atoms with Crippen molar-refractivity contribution in [3.8, 4) is 0 Å². The summed E-state index contributed by atoms with van der Waals surface area (Å²) in [4.78, 5) is 31.3. The van der Waals surface area contributed by atoms with E-state index in [1.807, 2.05) is 0 Å². The third-order valence-electron chi connectivity index (χ3n) is 1.26. The van der Waals surface area contributed by atoms with Gasteiger partial charge in [0.1, 0.15) is 12.7 Å². The molecule has 1 unspecified atom stereocenters. The second-order valence-corrected chi connectivity index (χ2v) is 2.14. The second-order valence-electron chi connectivity index (χ2n) is 2.14. The fraction of sp³-hybridized carbons (Fsp3) is 0.571. The van der Waals surface area contributed by atoms with E-state index in [1.54, 1.807) is 0 Å². The number of hydrogen-bond donors (Lipinski definition) is 0. The van der Waals surface area contributed by atoms with Gasteiger partial charge in [-0.15, -0.1) is 0 Å². The highest BCUT2D eigenvalue weighted by atomic mass is 16.5. The second kappa shape index (κ2) is 4.60. The van der Waals surface area contributed by atoms with Crippen LogP contribution in [0.5, 0.6) is 0 Å². The third-order valence-corrected chi connectivity index (χ3v) is 1.26. The van der Waals surface area contributed by atoms with E-state index >= 15 is 0 Å². The van der Waals surface area contributed by atoms with Crippen LogP contribution < -0.4 is 0 Å². The Hall–Kier alpha value is -1.19. The van der Waals surface area contributed by atoms with Crippen molar-refractivity contribution in [2.75, 3.05) is 7.11 Å². The van der Waals surface area contributed by atoms with Gasteiger partial charge in [0, 0.05) is 0 Å². The lowest BCUT2D eigenvalue weighted by Gasteiger charge is -1.99. The minimum atomic E-state index is -0.714. The van der Waals surface area contributed by atoms with E-state index in [1.165, 1.54) is 14.0 Å². The van der Waals surface area contributed by atoms with Crippen LogP contribution in [0.2, 0.25) is 0 Å². The van der Waals surface area contributed by atoms with Crippen LogP contribution in [-0.2, 0) is 19.1 Å². The van der Waals surface area contributed by atoms with E-state index in [4.69, 9.17) is 0 Å². The van der Waals surface area contributed by atoms with Crippen molar-refractivity contribution in [1.82, 2.24) is 0 Å². The smallest absolute Gasteiger partial charge is 0.313 e. The summed E-state index contributed by atoms with van der Waals surface area (Å²) in [5.74, 6) is -1.73. The van der Waals surface area contributed by atoms with Crippen LogP contribution in [-0.4, -0.2) is 25.1 Å². The van der Waals surface area contributed by atoms with Gasteiger partial charge in [0.25, 0.3) is 0 Å². The standard InChI is InChI=1S/C7H10O4/c1-5(4-8)6(9)3-7(10)11-2/h4-5H,3H2,1-2H3. The Bertz CT molecular complexity index is 173. The highest BCUT2D eigenvalue weighted by Crippen LogP contribution is 1.97. The van der Waals surface area contributed by atoms with Crippen molar-refractivity contribution in [3.63, 3.8) is 0 Å². The molecule has 0 N–H and O–H groups in total. The van der Waals surface area contributed by atoms with E-state index in [9.17, 15) is 14.4 Å². The van der Waals surface area contributed by atoms with E-state index in [0.29, 0.717) is 6.29 Å². The lowest BCUT2D eigenvalue weighted by molar-refractivity contribution is -0.144. The molecule has 0 heterocycles. The number of carbonyl (C=O) groups is 3. The Morgan fingerprint density at radius 2 is 2.09 bits per heavy atom. The van der Waals surface area contributed by atoms with Gasteiger partial charge in [0.2, 0.25) is 0 Å². The van der Waals surface area contributed by atoms with Crippen molar-refractivity contribution < 1.29 is 19.1 Å². The van der Waals surface area contributed by atoms with E-state index < -0.39 is 17.7 Å². The number of ether oxygens (including phenoxy) is 1. The molecule has 1 atom stereocenters. The normalized spacial score (nSPS) is 11.8. The molecule has 0 amide bonds. The molecule has 0 radical (unpaired) electrons. The van der Waals surface area contributed by atoms with Crippen LogP contribution in [0.4, 0.5) is 0 Å². The molecule has 0 aromatic carbocycles. The number of esters is 1. The van der Waals surface area contributed by atoms with Crippen LogP contribution in [0.1, 0.15) is 13.3 Å². The molecule has 0 bridgehead atoms. The zero-order chi connectivity index (χ0) is 8.85. The average molecular weight is 158 g/mol. The van der Waals surface area contributed by atoms with Crippen LogP contribution in [0.15, 0.2) is 0 Å². The summed E-state index contributed by atoms with van der Waals surface area (Å²) in [5, 5.41) is 0. The minimum absolute atomic E-state index is 0.323. The Labute approximate surface area is 64.5 Å². The van der Waals surface area contributed by atoms with Gasteiger partial charge >= 0.3 is 5.97 Å². The molecule has 0 saturated heterocycles. The summed E-state index contributed by atoms with van der Waals surface area (Å²) in [6, 6.07) is 0. The first-order valence-electron chi connectivity index (χ1n) is 3.16. The maximum Gasteiger partial charge on any atom is 0.313 e. The molecule has 0 aromatic heterocycles. The van der Waals surface area contributed by atoms with E-state index in [-0.39, 0.29) is 6.42 Å². The topological polar surface area (TPSA) is 60.4 Å². The van der Waals surface area contributed by atoms with E-state index in [0.717, 1.165) is 0 Å². The summed E-state index contributed by atoms with van der Waals surface area (Å²) < 4.78 is 4.24. The minimum Gasteiger partial charge on any atom is -0.469 e. The zero-order valence-electron chi connectivity index (χ0n) is 6.49. The number of aldehydes is 1. The first-order valence-corrected chi connectivity index (χ1v) is 3.16. The first-order chi connectivity index (χ1) is 5.11. The molecule has 0 aliphatic carbocycles. The van der Waals surface area contributed by atoms with Crippen LogP contribution >= 0.6 is 0 Å². The fourth-order valence-electron chi connectivity index (χ4n) is 0.451. The maximum absolute atomic E-state index is 10.8.